The van der Waals surface area contributed by atoms with Gasteiger partial charge in [-0.3, -0.25) is 9.59 Å². The molecule has 0 spiro atoms. The standard InChI is InChI=1S/C22H19N3O2/c1-16-7-5-6-10-19(16)15-23-25-22(27)18-11-13-20(14-12-18)24-21(26)17-8-3-2-4-9-17/h2-15H,1H3,(H,24,26)(H,25,27). The Balaban J connectivity index is 1.59. The van der Waals surface area contributed by atoms with Gasteiger partial charge in [0.15, 0.2) is 0 Å². The summed E-state index contributed by atoms with van der Waals surface area (Å²) in [5.74, 6) is -0.517. The fraction of sp³-hybridized carbons (Fsp3) is 0.0455. The number of amides is 2. The molecule has 0 radical (unpaired) electrons. The van der Waals surface area contributed by atoms with Gasteiger partial charge >= 0.3 is 0 Å². The van der Waals surface area contributed by atoms with Gasteiger partial charge in [-0.1, -0.05) is 42.5 Å². The van der Waals surface area contributed by atoms with Crippen LogP contribution in [0.1, 0.15) is 31.8 Å². The lowest BCUT2D eigenvalue weighted by Gasteiger charge is -2.06. The topological polar surface area (TPSA) is 70.6 Å². The number of benzene rings is 3. The number of hydrogen-bond acceptors (Lipinski definition) is 3. The lowest BCUT2D eigenvalue weighted by atomic mass is 10.1. The third-order valence-corrected chi connectivity index (χ3v) is 4.00. The Morgan fingerprint density at radius 1 is 0.778 bits per heavy atom. The van der Waals surface area contributed by atoms with Crippen molar-refractivity contribution < 1.29 is 9.59 Å². The molecular formula is C22H19N3O2. The Hall–Kier alpha value is -3.73. The smallest absolute Gasteiger partial charge is 0.271 e. The highest BCUT2D eigenvalue weighted by molar-refractivity contribution is 6.04. The summed E-state index contributed by atoms with van der Waals surface area (Å²) >= 11 is 0. The van der Waals surface area contributed by atoms with Gasteiger partial charge in [0.25, 0.3) is 11.8 Å². The van der Waals surface area contributed by atoms with Gasteiger partial charge in [0.2, 0.25) is 0 Å². The van der Waals surface area contributed by atoms with Crippen LogP contribution in [0.15, 0.2) is 84.0 Å². The summed E-state index contributed by atoms with van der Waals surface area (Å²) in [5.41, 5.74) is 6.17. The Morgan fingerprint density at radius 2 is 1.41 bits per heavy atom. The van der Waals surface area contributed by atoms with Gasteiger partial charge in [-0.25, -0.2) is 5.43 Å². The van der Waals surface area contributed by atoms with Crippen molar-refractivity contribution in [2.24, 2.45) is 5.10 Å². The van der Waals surface area contributed by atoms with E-state index in [4.69, 9.17) is 0 Å². The molecule has 0 saturated heterocycles. The maximum absolute atomic E-state index is 12.2. The van der Waals surface area contributed by atoms with Gasteiger partial charge in [0.1, 0.15) is 0 Å². The zero-order chi connectivity index (χ0) is 19.1. The van der Waals surface area contributed by atoms with Crippen LogP contribution in [-0.2, 0) is 0 Å². The van der Waals surface area contributed by atoms with Crippen LogP contribution in [0.5, 0.6) is 0 Å². The SMILES string of the molecule is Cc1ccccc1C=NNC(=O)c1ccc(NC(=O)c2ccccc2)cc1. The van der Waals surface area contributed by atoms with Crippen LogP contribution < -0.4 is 10.7 Å². The minimum absolute atomic E-state index is 0.198. The Morgan fingerprint density at radius 3 is 2.11 bits per heavy atom. The maximum Gasteiger partial charge on any atom is 0.271 e. The zero-order valence-corrected chi connectivity index (χ0v) is 14.8. The molecule has 3 aromatic rings. The zero-order valence-electron chi connectivity index (χ0n) is 14.8. The number of nitrogens with zero attached hydrogens (tertiary/aromatic N) is 1. The van der Waals surface area contributed by atoms with E-state index in [1.807, 2.05) is 37.3 Å². The highest BCUT2D eigenvalue weighted by atomic mass is 16.2. The van der Waals surface area contributed by atoms with Crippen molar-refractivity contribution in [1.29, 1.82) is 0 Å². The second-order valence-electron chi connectivity index (χ2n) is 5.95. The van der Waals surface area contributed by atoms with Gasteiger partial charge < -0.3 is 5.32 Å². The van der Waals surface area contributed by atoms with Crippen LogP contribution in [0.3, 0.4) is 0 Å². The monoisotopic (exact) mass is 357 g/mol. The lowest BCUT2D eigenvalue weighted by molar-refractivity contribution is 0.0954. The molecule has 5 heteroatoms. The second kappa shape index (κ2) is 8.58. The number of nitrogens with one attached hydrogen (secondary N) is 2. The van der Waals surface area contributed by atoms with Crippen LogP contribution in [-0.4, -0.2) is 18.0 Å². The number of hydrogen-bond donors (Lipinski definition) is 2. The third kappa shape index (κ3) is 4.89. The third-order valence-electron chi connectivity index (χ3n) is 4.00. The molecule has 2 N–H and O–H groups in total. The van der Waals surface area contributed by atoms with Crippen molar-refractivity contribution in [3.05, 3.63) is 101 Å². The predicted molar refractivity (Wildman–Crippen MR) is 107 cm³/mol. The minimum Gasteiger partial charge on any atom is -0.322 e. The van der Waals surface area contributed by atoms with Crippen molar-refractivity contribution in [3.63, 3.8) is 0 Å². The van der Waals surface area contributed by atoms with Gasteiger partial charge in [-0.15, -0.1) is 0 Å². The van der Waals surface area contributed by atoms with Gasteiger partial charge in [-0.05, 0) is 54.4 Å². The quantitative estimate of drug-likeness (QED) is 0.535. The number of hydrazone groups is 1. The van der Waals surface area contributed by atoms with E-state index in [0.29, 0.717) is 16.8 Å². The van der Waals surface area contributed by atoms with Crippen LogP contribution in [0.4, 0.5) is 5.69 Å². The molecule has 0 bridgehead atoms. The molecule has 27 heavy (non-hydrogen) atoms. The highest BCUT2D eigenvalue weighted by Gasteiger charge is 2.07. The summed E-state index contributed by atoms with van der Waals surface area (Å²) in [6.45, 7) is 1.98. The molecule has 0 aromatic heterocycles. The first-order valence-corrected chi connectivity index (χ1v) is 8.49. The van der Waals surface area contributed by atoms with E-state index in [9.17, 15) is 9.59 Å². The summed E-state index contributed by atoms with van der Waals surface area (Å²) in [5, 5.41) is 6.79. The number of anilines is 1. The number of rotatable bonds is 5. The average molecular weight is 357 g/mol. The second-order valence-corrected chi connectivity index (χ2v) is 5.95. The van der Waals surface area contributed by atoms with E-state index in [0.717, 1.165) is 11.1 Å². The van der Waals surface area contributed by atoms with Gasteiger partial charge in [-0.2, -0.15) is 5.10 Å². The van der Waals surface area contributed by atoms with Gasteiger partial charge in [0.05, 0.1) is 6.21 Å². The molecule has 0 fully saturated rings. The largest absolute Gasteiger partial charge is 0.322 e. The molecule has 3 rings (SSSR count). The molecule has 2 amide bonds. The van der Waals surface area contributed by atoms with E-state index >= 15 is 0 Å². The number of carbonyl (C=O) groups excluding carboxylic acids is 2. The lowest BCUT2D eigenvalue weighted by Crippen LogP contribution is -2.18. The van der Waals surface area contributed by atoms with E-state index in [-0.39, 0.29) is 11.8 Å². The molecule has 0 aliphatic rings. The van der Waals surface area contributed by atoms with Crippen LogP contribution in [0.2, 0.25) is 0 Å². The predicted octanol–water partition coefficient (Wildman–Crippen LogP) is 4.01. The normalized spacial score (nSPS) is 10.6. The molecule has 0 saturated carbocycles. The van der Waals surface area contributed by atoms with E-state index in [2.05, 4.69) is 15.8 Å². The summed E-state index contributed by atoms with van der Waals surface area (Å²) < 4.78 is 0. The molecular weight excluding hydrogens is 338 g/mol. The molecule has 5 nitrogen and oxygen atoms in total. The summed E-state index contributed by atoms with van der Waals surface area (Å²) in [7, 11) is 0. The van der Waals surface area contributed by atoms with Crippen molar-refractivity contribution in [1.82, 2.24) is 5.43 Å². The average Bonchev–Trinajstić information content (AvgIpc) is 2.70. The van der Waals surface area contributed by atoms with Crippen LogP contribution >= 0.6 is 0 Å². The van der Waals surface area contributed by atoms with Crippen LogP contribution in [0, 0.1) is 6.92 Å². The molecule has 0 aliphatic heterocycles. The van der Waals surface area contributed by atoms with E-state index < -0.39 is 0 Å². The first-order chi connectivity index (χ1) is 13.1. The number of carbonyl (C=O) groups is 2. The molecule has 3 aromatic carbocycles. The van der Waals surface area contributed by atoms with Crippen molar-refractivity contribution >= 4 is 23.7 Å². The molecule has 0 unspecified atom stereocenters. The van der Waals surface area contributed by atoms with Crippen molar-refractivity contribution in [3.8, 4) is 0 Å². The van der Waals surface area contributed by atoms with Crippen molar-refractivity contribution in [2.75, 3.05) is 5.32 Å². The van der Waals surface area contributed by atoms with Gasteiger partial charge in [0, 0.05) is 16.8 Å². The highest BCUT2D eigenvalue weighted by Crippen LogP contribution is 2.11. The first kappa shape index (κ1) is 18.1. The molecule has 0 heterocycles. The van der Waals surface area contributed by atoms with E-state index in [1.165, 1.54) is 0 Å². The molecule has 134 valence electrons. The Kier molecular flexibility index (Phi) is 5.74. The Bertz CT molecular complexity index is 964. The summed E-state index contributed by atoms with van der Waals surface area (Å²) in [6, 6.07) is 23.3. The molecule has 0 atom stereocenters. The fourth-order valence-corrected chi connectivity index (χ4v) is 2.45. The summed E-state index contributed by atoms with van der Waals surface area (Å²) in [6.07, 6.45) is 1.61. The maximum atomic E-state index is 12.2. The van der Waals surface area contributed by atoms with E-state index in [1.54, 1.807) is 54.7 Å². The minimum atomic E-state index is -0.319. The fourth-order valence-electron chi connectivity index (χ4n) is 2.45. The number of aryl methyl sites for hydroxylation is 1. The molecule has 0 aliphatic carbocycles. The van der Waals surface area contributed by atoms with Crippen molar-refractivity contribution in [2.45, 2.75) is 6.92 Å². The van der Waals surface area contributed by atoms with Crippen LogP contribution in [0.25, 0.3) is 0 Å². The summed E-state index contributed by atoms with van der Waals surface area (Å²) in [4.78, 5) is 24.3. The Labute approximate surface area is 157 Å². The first-order valence-electron chi connectivity index (χ1n) is 8.49.